The summed E-state index contributed by atoms with van der Waals surface area (Å²) in [6, 6.07) is 4.81. The number of hydrogen-bond acceptors (Lipinski definition) is 4. The highest BCUT2D eigenvalue weighted by molar-refractivity contribution is 5.90. The summed E-state index contributed by atoms with van der Waals surface area (Å²) in [4.78, 5) is 27.6. The van der Waals surface area contributed by atoms with Crippen LogP contribution in [0, 0.1) is 10.1 Å². The molecule has 0 spiro atoms. The number of nitro groups is 1. The maximum absolute atomic E-state index is 12.4. The molecule has 1 amide bonds. The topological polar surface area (TPSA) is 99.5 Å². The van der Waals surface area contributed by atoms with Gasteiger partial charge in [0, 0.05) is 41.8 Å². The van der Waals surface area contributed by atoms with Crippen molar-refractivity contribution >= 4 is 22.5 Å². The average Bonchev–Trinajstić information content (AvgIpc) is 3.26. The fourth-order valence-electron chi connectivity index (χ4n) is 2.70. The number of H-pyrrole nitrogens is 1. The van der Waals surface area contributed by atoms with E-state index in [-0.39, 0.29) is 30.7 Å². The van der Waals surface area contributed by atoms with Crippen LogP contribution in [0.5, 0.6) is 0 Å². The quantitative estimate of drug-likeness (QED) is 0.625. The maximum atomic E-state index is 12.4. The third-order valence-corrected chi connectivity index (χ3v) is 3.95. The fourth-order valence-corrected chi connectivity index (χ4v) is 2.70. The molecule has 0 aliphatic heterocycles. The van der Waals surface area contributed by atoms with E-state index in [1.54, 1.807) is 17.2 Å². The number of aromatic nitrogens is 1. The number of carbonyl (C=O) groups excluding carboxylic acids is 1. The molecular formula is C15H17N3O4. The Hall–Kier alpha value is -2.41. The van der Waals surface area contributed by atoms with Gasteiger partial charge in [0.15, 0.2) is 0 Å². The zero-order chi connectivity index (χ0) is 15.7. The van der Waals surface area contributed by atoms with E-state index in [0.717, 1.165) is 23.9 Å². The predicted octanol–water partition coefficient (Wildman–Crippen LogP) is 1.60. The van der Waals surface area contributed by atoms with Crippen LogP contribution >= 0.6 is 0 Å². The van der Waals surface area contributed by atoms with Gasteiger partial charge in [-0.3, -0.25) is 14.9 Å². The number of fused-ring (bicyclic) bond motifs is 1. The average molecular weight is 303 g/mol. The summed E-state index contributed by atoms with van der Waals surface area (Å²) in [5.41, 5.74) is 1.52. The fraction of sp³-hybridized carbons (Fsp3) is 0.400. The summed E-state index contributed by atoms with van der Waals surface area (Å²) in [5, 5.41) is 20.7. The van der Waals surface area contributed by atoms with Gasteiger partial charge in [-0.15, -0.1) is 0 Å². The SMILES string of the molecule is O=C(Cc1c[nH]c2ccc([N+](=O)[O-])cc12)N(CCO)C1CC1. The zero-order valence-corrected chi connectivity index (χ0v) is 12.0. The molecule has 1 aromatic carbocycles. The summed E-state index contributed by atoms with van der Waals surface area (Å²) in [6.07, 6.45) is 3.85. The number of aliphatic hydroxyl groups excluding tert-OH is 1. The van der Waals surface area contributed by atoms with Crippen LogP contribution in [0.3, 0.4) is 0 Å². The van der Waals surface area contributed by atoms with Gasteiger partial charge in [0.05, 0.1) is 18.0 Å². The number of amides is 1. The summed E-state index contributed by atoms with van der Waals surface area (Å²) >= 11 is 0. The van der Waals surface area contributed by atoms with Crippen LogP contribution in [0.2, 0.25) is 0 Å². The molecule has 1 fully saturated rings. The standard InChI is InChI=1S/C15H17N3O4/c19-6-5-17(11-1-2-11)15(20)7-10-9-16-14-4-3-12(18(21)22)8-13(10)14/h3-4,8-9,11,16,19H,1-2,5-7H2. The molecule has 1 heterocycles. The van der Waals surface area contributed by atoms with Crippen LogP contribution in [-0.4, -0.2) is 45.0 Å². The Kier molecular flexibility index (Phi) is 3.81. The largest absolute Gasteiger partial charge is 0.395 e. The monoisotopic (exact) mass is 303 g/mol. The summed E-state index contributed by atoms with van der Waals surface area (Å²) in [7, 11) is 0. The number of non-ortho nitro benzene ring substituents is 1. The van der Waals surface area contributed by atoms with Crippen LogP contribution in [0.1, 0.15) is 18.4 Å². The van der Waals surface area contributed by atoms with Gasteiger partial charge in [-0.1, -0.05) is 0 Å². The molecule has 0 bridgehead atoms. The van der Waals surface area contributed by atoms with Gasteiger partial charge in [0.1, 0.15) is 0 Å². The number of aliphatic hydroxyl groups is 1. The molecule has 1 aliphatic rings. The van der Waals surface area contributed by atoms with E-state index in [0.29, 0.717) is 11.9 Å². The van der Waals surface area contributed by atoms with E-state index in [2.05, 4.69) is 4.98 Å². The summed E-state index contributed by atoms with van der Waals surface area (Å²) in [6.45, 7) is 0.285. The maximum Gasteiger partial charge on any atom is 0.270 e. The van der Waals surface area contributed by atoms with Crippen molar-refractivity contribution in [1.82, 2.24) is 9.88 Å². The van der Waals surface area contributed by atoms with Crippen LogP contribution in [0.15, 0.2) is 24.4 Å². The lowest BCUT2D eigenvalue weighted by atomic mass is 10.1. The van der Waals surface area contributed by atoms with Crippen molar-refractivity contribution in [1.29, 1.82) is 0 Å². The molecule has 116 valence electrons. The zero-order valence-electron chi connectivity index (χ0n) is 12.0. The lowest BCUT2D eigenvalue weighted by Gasteiger charge is -2.21. The Morgan fingerprint density at radius 2 is 2.23 bits per heavy atom. The van der Waals surface area contributed by atoms with Crippen molar-refractivity contribution in [2.75, 3.05) is 13.2 Å². The van der Waals surface area contributed by atoms with E-state index in [4.69, 9.17) is 5.11 Å². The lowest BCUT2D eigenvalue weighted by Crippen LogP contribution is -2.36. The third-order valence-electron chi connectivity index (χ3n) is 3.95. The van der Waals surface area contributed by atoms with E-state index in [1.807, 2.05) is 0 Å². The predicted molar refractivity (Wildman–Crippen MR) is 80.5 cm³/mol. The third kappa shape index (κ3) is 2.80. The number of rotatable bonds is 6. The first kappa shape index (κ1) is 14.5. The molecule has 22 heavy (non-hydrogen) atoms. The molecule has 0 atom stereocenters. The van der Waals surface area contributed by atoms with Crippen LogP contribution in [-0.2, 0) is 11.2 Å². The first-order chi connectivity index (χ1) is 10.6. The number of nitrogens with zero attached hydrogens (tertiary/aromatic N) is 2. The first-order valence-electron chi connectivity index (χ1n) is 7.25. The highest BCUT2D eigenvalue weighted by Gasteiger charge is 2.32. The molecule has 1 aliphatic carbocycles. The Labute approximate surface area is 126 Å². The number of aromatic amines is 1. The van der Waals surface area contributed by atoms with E-state index < -0.39 is 4.92 Å². The van der Waals surface area contributed by atoms with Crippen molar-refractivity contribution in [2.24, 2.45) is 0 Å². The van der Waals surface area contributed by atoms with E-state index in [9.17, 15) is 14.9 Å². The minimum Gasteiger partial charge on any atom is -0.395 e. The molecule has 2 N–H and O–H groups in total. The molecular weight excluding hydrogens is 286 g/mol. The van der Waals surface area contributed by atoms with Gasteiger partial charge in [-0.2, -0.15) is 0 Å². The Morgan fingerprint density at radius 3 is 2.86 bits per heavy atom. The van der Waals surface area contributed by atoms with Crippen molar-refractivity contribution in [3.8, 4) is 0 Å². The van der Waals surface area contributed by atoms with Gasteiger partial charge < -0.3 is 15.0 Å². The van der Waals surface area contributed by atoms with Crippen LogP contribution in [0.25, 0.3) is 10.9 Å². The second kappa shape index (κ2) is 5.76. The summed E-state index contributed by atoms with van der Waals surface area (Å²) in [5.74, 6) is -0.0519. The van der Waals surface area contributed by atoms with Gasteiger partial charge in [-0.05, 0) is 24.5 Å². The highest BCUT2D eigenvalue weighted by atomic mass is 16.6. The molecule has 1 aromatic heterocycles. The van der Waals surface area contributed by atoms with Gasteiger partial charge in [0.25, 0.3) is 5.69 Å². The van der Waals surface area contributed by atoms with E-state index >= 15 is 0 Å². The Morgan fingerprint density at radius 1 is 1.45 bits per heavy atom. The van der Waals surface area contributed by atoms with Crippen molar-refractivity contribution in [3.05, 3.63) is 40.1 Å². The molecule has 3 rings (SSSR count). The molecule has 0 radical (unpaired) electrons. The molecule has 0 unspecified atom stereocenters. The smallest absolute Gasteiger partial charge is 0.270 e. The Bertz CT molecular complexity index is 721. The molecule has 7 heteroatoms. The lowest BCUT2D eigenvalue weighted by molar-refractivity contribution is -0.384. The van der Waals surface area contributed by atoms with Gasteiger partial charge >= 0.3 is 0 Å². The molecule has 2 aromatic rings. The first-order valence-corrected chi connectivity index (χ1v) is 7.25. The minimum absolute atomic E-state index is 0.00945. The second-order valence-electron chi connectivity index (χ2n) is 5.52. The van der Waals surface area contributed by atoms with Crippen molar-refractivity contribution in [2.45, 2.75) is 25.3 Å². The van der Waals surface area contributed by atoms with Gasteiger partial charge in [-0.25, -0.2) is 0 Å². The highest BCUT2D eigenvalue weighted by Crippen LogP contribution is 2.28. The second-order valence-corrected chi connectivity index (χ2v) is 5.52. The number of nitro benzene ring substituents is 1. The number of benzene rings is 1. The number of carbonyl (C=O) groups is 1. The minimum atomic E-state index is -0.444. The van der Waals surface area contributed by atoms with Crippen LogP contribution in [0.4, 0.5) is 5.69 Å². The normalized spacial score (nSPS) is 14.2. The number of hydrogen-bond donors (Lipinski definition) is 2. The van der Waals surface area contributed by atoms with Crippen LogP contribution < -0.4 is 0 Å². The molecule has 7 nitrogen and oxygen atoms in total. The van der Waals surface area contributed by atoms with Crippen molar-refractivity contribution in [3.63, 3.8) is 0 Å². The number of nitrogens with one attached hydrogen (secondary N) is 1. The summed E-state index contributed by atoms with van der Waals surface area (Å²) < 4.78 is 0. The van der Waals surface area contributed by atoms with E-state index in [1.165, 1.54) is 12.1 Å². The molecule has 0 saturated heterocycles. The van der Waals surface area contributed by atoms with Crippen molar-refractivity contribution < 1.29 is 14.8 Å². The Balaban J connectivity index is 1.84. The van der Waals surface area contributed by atoms with Gasteiger partial charge in [0.2, 0.25) is 5.91 Å². The molecule has 1 saturated carbocycles.